The summed E-state index contributed by atoms with van der Waals surface area (Å²) >= 11 is 0. The van der Waals surface area contributed by atoms with Crippen LogP contribution in [0.15, 0.2) is 40.6 Å². The first kappa shape index (κ1) is 15.8. The standard InChI is InChI=1S/C11H13N.C4H9N3O/c1-8-7-10-5-3-4-6-11(10)12-9(8)2;1-2-4(5)7-6-3-8/h3-6,12H,7H2,1-2H3;3H,2H2,1H3,(H2,5,7)(H,6,8). The number of allylic oxidation sites excluding steroid dienone is 2. The van der Waals surface area contributed by atoms with Crippen molar-refractivity contribution >= 4 is 17.9 Å². The Hall–Kier alpha value is -2.30. The lowest BCUT2D eigenvalue weighted by molar-refractivity contribution is -0.109. The number of hydrogen-bond donors (Lipinski definition) is 3. The van der Waals surface area contributed by atoms with Crippen molar-refractivity contribution in [3.63, 3.8) is 0 Å². The first-order valence-electron chi connectivity index (χ1n) is 6.61. The normalized spacial score (nSPS) is 13.7. The number of nitrogens with two attached hydrogens (primary N) is 1. The van der Waals surface area contributed by atoms with Crippen molar-refractivity contribution in [2.24, 2.45) is 10.8 Å². The number of hydrogen-bond acceptors (Lipinski definition) is 3. The van der Waals surface area contributed by atoms with Crippen LogP contribution < -0.4 is 16.5 Å². The fourth-order valence-corrected chi connectivity index (χ4v) is 1.71. The Bertz CT molecular complexity index is 487. The molecular formula is C15H22N4O. The second-order valence-electron chi connectivity index (χ2n) is 4.57. The SMILES string of the molecule is CC1=C(C)Nc2ccccc2C1.CCC(N)=NNC=O. The van der Waals surface area contributed by atoms with Gasteiger partial charge in [0.15, 0.2) is 0 Å². The highest BCUT2D eigenvalue weighted by molar-refractivity contribution is 5.80. The molecule has 5 nitrogen and oxygen atoms in total. The van der Waals surface area contributed by atoms with Gasteiger partial charge in [-0.2, -0.15) is 5.10 Å². The number of fused-ring (bicyclic) bond motifs is 1. The first-order chi connectivity index (χ1) is 9.58. The number of anilines is 1. The van der Waals surface area contributed by atoms with Crippen LogP contribution in [0.4, 0.5) is 5.69 Å². The van der Waals surface area contributed by atoms with E-state index < -0.39 is 0 Å². The molecule has 0 aromatic heterocycles. The summed E-state index contributed by atoms with van der Waals surface area (Å²) in [6.45, 7) is 6.16. The molecule has 5 heteroatoms. The number of rotatable bonds is 3. The molecule has 2 rings (SSSR count). The number of amidine groups is 1. The number of para-hydroxylation sites is 1. The summed E-state index contributed by atoms with van der Waals surface area (Å²) in [5, 5.41) is 6.83. The number of hydrazone groups is 1. The molecule has 0 unspecified atom stereocenters. The molecule has 20 heavy (non-hydrogen) atoms. The number of benzene rings is 1. The summed E-state index contributed by atoms with van der Waals surface area (Å²) in [7, 11) is 0. The van der Waals surface area contributed by atoms with E-state index in [0.717, 1.165) is 6.42 Å². The summed E-state index contributed by atoms with van der Waals surface area (Å²) in [6, 6.07) is 8.47. The Kier molecular flexibility index (Phi) is 6.29. The van der Waals surface area contributed by atoms with Crippen LogP contribution in [-0.2, 0) is 11.2 Å². The quantitative estimate of drug-likeness (QED) is 0.342. The maximum atomic E-state index is 9.55. The van der Waals surface area contributed by atoms with E-state index in [0.29, 0.717) is 18.7 Å². The minimum atomic E-state index is 0.428. The topological polar surface area (TPSA) is 79.5 Å². The van der Waals surface area contributed by atoms with Crippen LogP contribution in [0.3, 0.4) is 0 Å². The molecule has 0 spiro atoms. The molecule has 4 N–H and O–H groups in total. The van der Waals surface area contributed by atoms with Crippen LogP contribution in [0.25, 0.3) is 0 Å². The molecule has 0 saturated carbocycles. The van der Waals surface area contributed by atoms with E-state index in [2.05, 4.69) is 54.0 Å². The van der Waals surface area contributed by atoms with Crippen molar-refractivity contribution in [3.05, 3.63) is 41.1 Å². The van der Waals surface area contributed by atoms with Crippen molar-refractivity contribution in [2.75, 3.05) is 5.32 Å². The van der Waals surface area contributed by atoms with E-state index in [1.807, 2.05) is 6.92 Å². The van der Waals surface area contributed by atoms with Gasteiger partial charge in [0, 0.05) is 17.8 Å². The predicted molar refractivity (Wildman–Crippen MR) is 83.3 cm³/mol. The molecule has 1 aromatic carbocycles. The maximum Gasteiger partial charge on any atom is 0.227 e. The summed E-state index contributed by atoms with van der Waals surface area (Å²) < 4.78 is 0. The highest BCUT2D eigenvalue weighted by atomic mass is 16.1. The monoisotopic (exact) mass is 274 g/mol. The van der Waals surface area contributed by atoms with Gasteiger partial charge in [-0.1, -0.05) is 25.1 Å². The van der Waals surface area contributed by atoms with Gasteiger partial charge in [0.1, 0.15) is 5.84 Å². The molecule has 108 valence electrons. The molecule has 0 fully saturated rings. The van der Waals surface area contributed by atoms with Gasteiger partial charge in [-0.05, 0) is 37.5 Å². The molecule has 0 saturated heterocycles. The second kappa shape index (κ2) is 7.99. The van der Waals surface area contributed by atoms with Crippen LogP contribution in [0, 0.1) is 0 Å². The zero-order valence-corrected chi connectivity index (χ0v) is 12.2. The number of nitrogens with zero attached hydrogens (tertiary/aromatic N) is 1. The summed E-state index contributed by atoms with van der Waals surface area (Å²) in [6.07, 6.45) is 2.22. The average molecular weight is 274 g/mol. The fraction of sp³-hybridized carbons (Fsp3) is 0.333. The number of carbonyl (C=O) groups excluding carboxylic acids is 1. The average Bonchev–Trinajstić information content (AvgIpc) is 2.46. The van der Waals surface area contributed by atoms with Gasteiger partial charge in [-0.25, -0.2) is 5.43 Å². The zero-order valence-electron chi connectivity index (χ0n) is 12.2. The fourth-order valence-electron chi connectivity index (χ4n) is 1.71. The van der Waals surface area contributed by atoms with Crippen molar-refractivity contribution < 1.29 is 4.79 Å². The van der Waals surface area contributed by atoms with Gasteiger partial charge in [-0.3, -0.25) is 4.79 Å². The zero-order chi connectivity index (χ0) is 15.0. The molecule has 1 aliphatic rings. The number of amides is 1. The van der Waals surface area contributed by atoms with E-state index >= 15 is 0 Å². The molecule has 0 atom stereocenters. The molecule has 1 amide bonds. The highest BCUT2D eigenvalue weighted by Gasteiger charge is 2.09. The van der Waals surface area contributed by atoms with Gasteiger partial charge in [0.25, 0.3) is 0 Å². The molecule has 1 heterocycles. The van der Waals surface area contributed by atoms with Gasteiger partial charge >= 0.3 is 0 Å². The first-order valence-corrected chi connectivity index (χ1v) is 6.61. The predicted octanol–water partition coefficient (Wildman–Crippen LogP) is 2.36. The Morgan fingerprint density at radius 2 is 2.15 bits per heavy atom. The van der Waals surface area contributed by atoms with Crippen molar-refractivity contribution in [2.45, 2.75) is 33.6 Å². The Morgan fingerprint density at radius 3 is 2.80 bits per heavy atom. The van der Waals surface area contributed by atoms with Crippen LogP contribution in [0.2, 0.25) is 0 Å². The van der Waals surface area contributed by atoms with Crippen molar-refractivity contribution in [3.8, 4) is 0 Å². The minimum absolute atomic E-state index is 0.428. The summed E-state index contributed by atoms with van der Waals surface area (Å²) in [4.78, 5) is 9.55. The lowest BCUT2D eigenvalue weighted by atomic mass is 9.99. The lowest BCUT2D eigenvalue weighted by Crippen LogP contribution is -2.15. The Balaban J connectivity index is 0.000000221. The molecule has 1 aliphatic heterocycles. The smallest absolute Gasteiger partial charge is 0.227 e. The van der Waals surface area contributed by atoms with E-state index in [1.165, 1.54) is 22.5 Å². The molecule has 1 aromatic rings. The van der Waals surface area contributed by atoms with E-state index in [1.54, 1.807) is 0 Å². The van der Waals surface area contributed by atoms with Gasteiger partial charge in [0.05, 0.1) is 0 Å². The largest absolute Gasteiger partial charge is 0.386 e. The van der Waals surface area contributed by atoms with E-state index in [9.17, 15) is 4.79 Å². The van der Waals surface area contributed by atoms with Crippen LogP contribution in [0.5, 0.6) is 0 Å². The lowest BCUT2D eigenvalue weighted by Gasteiger charge is -2.20. The number of nitrogens with one attached hydrogen (secondary N) is 2. The maximum absolute atomic E-state index is 9.55. The minimum Gasteiger partial charge on any atom is -0.386 e. The van der Waals surface area contributed by atoms with Crippen molar-refractivity contribution in [1.82, 2.24) is 5.43 Å². The summed E-state index contributed by atoms with van der Waals surface area (Å²) in [5.41, 5.74) is 12.7. The van der Waals surface area contributed by atoms with Crippen LogP contribution in [-0.4, -0.2) is 12.2 Å². The molecule has 0 aliphatic carbocycles. The summed E-state index contributed by atoms with van der Waals surface area (Å²) in [5.74, 6) is 0.428. The second-order valence-corrected chi connectivity index (χ2v) is 4.57. The van der Waals surface area contributed by atoms with E-state index in [4.69, 9.17) is 5.73 Å². The van der Waals surface area contributed by atoms with E-state index in [-0.39, 0.29) is 0 Å². The third-order valence-electron chi connectivity index (χ3n) is 3.06. The Labute approximate surface area is 119 Å². The third-order valence-corrected chi connectivity index (χ3v) is 3.06. The van der Waals surface area contributed by atoms with Gasteiger partial charge in [-0.15, -0.1) is 0 Å². The van der Waals surface area contributed by atoms with Crippen LogP contribution >= 0.6 is 0 Å². The highest BCUT2D eigenvalue weighted by Crippen LogP contribution is 2.26. The van der Waals surface area contributed by atoms with Crippen LogP contribution in [0.1, 0.15) is 32.8 Å². The molecular weight excluding hydrogens is 252 g/mol. The number of carbonyl (C=O) groups is 1. The van der Waals surface area contributed by atoms with Crippen molar-refractivity contribution in [1.29, 1.82) is 0 Å². The van der Waals surface area contributed by atoms with Gasteiger partial charge in [0.2, 0.25) is 6.41 Å². The molecule has 0 radical (unpaired) electrons. The van der Waals surface area contributed by atoms with Gasteiger partial charge < -0.3 is 11.1 Å². The molecule has 0 bridgehead atoms. The third kappa shape index (κ3) is 4.76. The Morgan fingerprint density at radius 1 is 1.45 bits per heavy atom.